The van der Waals surface area contributed by atoms with Crippen molar-refractivity contribution >= 4 is 17.2 Å². The van der Waals surface area contributed by atoms with Crippen molar-refractivity contribution in [1.82, 2.24) is 15.2 Å². The summed E-state index contributed by atoms with van der Waals surface area (Å²) in [4.78, 5) is 19.7. The van der Waals surface area contributed by atoms with E-state index in [-0.39, 0.29) is 18.0 Å². The molecule has 116 valence electrons. The molecule has 0 unspecified atom stereocenters. The van der Waals surface area contributed by atoms with Gasteiger partial charge in [-0.3, -0.25) is 9.69 Å². The second-order valence-electron chi connectivity index (χ2n) is 6.11. The van der Waals surface area contributed by atoms with Gasteiger partial charge in [-0.25, -0.2) is 4.98 Å². The van der Waals surface area contributed by atoms with Gasteiger partial charge in [0.25, 0.3) is 5.91 Å². The van der Waals surface area contributed by atoms with E-state index in [4.69, 9.17) is 0 Å². The highest BCUT2D eigenvalue weighted by atomic mass is 32.1. The highest BCUT2D eigenvalue weighted by Crippen LogP contribution is 2.28. The first-order valence-corrected chi connectivity index (χ1v) is 8.55. The molecule has 3 atom stereocenters. The molecule has 1 aliphatic carbocycles. The van der Waals surface area contributed by atoms with Crippen molar-refractivity contribution in [3.8, 4) is 0 Å². The van der Waals surface area contributed by atoms with Crippen LogP contribution >= 0.6 is 11.3 Å². The topological polar surface area (TPSA) is 65.5 Å². The number of hydrogen-bond donors (Lipinski definition) is 2. The van der Waals surface area contributed by atoms with Gasteiger partial charge in [-0.1, -0.05) is 0 Å². The van der Waals surface area contributed by atoms with Gasteiger partial charge in [-0.05, 0) is 52.6 Å². The Kier molecular flexibility index (Phi) is 4.28. The van der Waals surface area contributed by atoms with Crippen LogP contribution in [0.4, 0.5) is 0 Å². The van der Waals surface area contributed by atoms with Gasteiger partial charge in [-0.15, -0.1) is 11.3 Å². The second-order valence-corrected chi connectivity index (χ2v) is 7.31. The summed E-state index contributed by atoms with van der Waals surface area (Å²) >= 11 is 1.42. The summed E-state index contributed by atoms with van der Waals surface area (Å²) in [6.45, 7) is 5.92. The van der Waals surface area contributed by atoms with E-state index in [1.165, 1.54) is 24.2 Å². The van der Waals surface area contributed by atoms with Crippen LogP contribution in [-0.2, 0) is 0 Å². The summed E-state index contributed by atoms with van der Waals surface area (Å²) in [5, 5.41) is 14.4. The van der Waals surface area contributed by atoms with Crippen molar-refractivity contribution in [3.05, 3.63) is 15.6 Å². The Balaban J connectivity index is 1.63. The number of aromatic nitrogens is 1. The first kappa shape index (κ1) is 14.9. The zero-order valence-corrected chi connectivity index (χ0v) is 13.4. The maximum atomic E-state index is 12.3. The predicted octanol–water partition coefficient (Wildman–Crippen LogP) is 1.48. The molecule has 6 heteroatoms. The summed E-state index contributed by atoms with van der Waals surface area (Å²) in [6.07, 6.45) is 3.80. The van der Waals surface area contributed by atoms with Crippen LogP contribution in [0.5, 0.6) is 0 Å². The van der Waals surface area contributed by atoms with Crippen molar-refractivity contribution in [3.63, 3.8) is 0 Å². The minimum atomic E-state index is -0.457. The molecular formula is C15H23N3O2S. The lowest BCUT2D eigenvalue weighted by Crippen LogP contribution is -2.47. The van der Waals surface area contributed by atoms with E-state index in [9.17, 15) is 9.90 Å². The zero-order chi connectivity index (χ0) is 15.0. The third-order valence-corrected chi connectivity index (χ3v) is 5.69. The SMILES string of the molecule is Cc1nc(C)c(C(=O)N[C@@H]2CC[C@@H](N3CCCC3)[C@@H]2O)s1. The smallest absolute Gasteiger partial charge is 0.263 e. The average molecular weight is 309 g/mol. The molecule has 2 aliphatic rings. The van der Waals surface area contributed by atoms with Crippen molar-refractivity contribution in [2.75, 3.05) is 13.1 Å². The highest BCUT2D eigenvalue weighted by molar-refractivity contribution is 7.13. The van der Waals surface area contributed by atoms with E-state index in [2.05, 4.69) is 15.2 Å². The maximum Gasteiger partial charge on any atom is 0.263 e. The minimum Gasteiger partial charge on any atom is -0.389 e. The van der Waals surface area contributed by atoms with E-state index >= 15 is 0 Å². The minimum absolute atomic E-state index is 0.0933. The number of carbonyl (C=O) groups excluding carboxylic acids is 1. The van der Waals surface area contributed by atoms with Gasteiger partial charge >= 0.3 is 0 Å². The monoisotopic (exact) mass is 309 g/mol. The van der Waals surface area contributed by atoms with E-state index in [0.29, 0.717) is 4.88 Å². The number of nitrogens with zero attached hydrogens (tertiary/aromatic N) is 2. The van der Waals surface area contributed by atoms with Gasteiger partial charge in [-0.2, -0.15) is 0 Å². The van der Waals surface area contributed by atoms with Crippen molar-refractivity contribution in [2.45, 2.75) is 57.7 Å². The normalized spacial score (nSPS) is 30.0. The summed E-state index contributed by atoms with van der Waals surface area (Å²) in [5.74, 6) is -0.0933. The molecule has 1 aromatic heterocycles. The summed E-state index contributed by atoms with van der Waals surface area (Å²) in [6, 6.07) is 0.0759. The fraction of sp³-hybridized carbons (Fsp3) is 0.733. The third kappa shape index (κ3) is 2.98. The van der Waals surface area contributed by atoms with Crippen LogP contribution in [0.3, 0.4) is 0 Å². The highest BCUT2D eigenvalue weighted by Gasteiger charge is 2.39. The van der Waals surface area contributed by atoms with Gasteiger partial charge in [0.15, 0.2) is 0 Å². The van der Waals surface area contributed by atoms with Crippen LogP contribution in [0, 0.1) is 13.8 Å². The number of thiazole rings is 1. The van der Waals surface area contributed by atoms with Crippen LogP contribution in [0.1, 0.15) is 46.1 Å². The van der Waals surface area contributed by atoms with E-state index in [0.717, 1.165) is 36.6 Å². The van der Waals surface area contributed by atoms with Gasteiger partial charge < -0.3 is 10.4 Å². The number of amides is 1. The number of rotatable bonds is 3. The molecule has 0 bridgehead atoms. The van der Waals surface area contributed by atoms with E-state index < -0.39 is 6.10 Å². The fourth-order valence-electron chi connectivity index (χ4n) is 3.57. The van der Waals surface area contributed by atoms with Crippen LogP contribution < -0.4 is 5.32 Å². The largest absolute Gasteiger partial charge is 0.389 e. The zero-order valence-electron chi connectivity index (χ0n) is 12.6. The number of aliphatic hydroxyl groups is 1. The molecule has 1 saturated heterocycles. The van der Waals surface area contributed by atoms with E-state index in [1.807, 2.05) is 13.8 Å². The Bertz CT molecular complexity index is 525. The molecule has 2 heterocycles. The Hall–Kier alpha value is -0.980. The van der Waals surface area contributed by atoms with Gasteiger partial charge in [0, 0.05) is 6.04 Å². The Labute approximate surface area is 129 Å². The molecule has 3 rings (SSSR count). The molecule has 1 amide bonds. The summed E-state index contributed by atoms with van der Waals surface area (Å²) in [5.41, 5.74) is 0.776. The van der Waals surface area contributed by atoms with Crippen LogP contribution in [0.25, 0.3) is 0 Å². The predicted molar refractivity (Wildman–Crippen MR) is 82.7 cm³/mol. The molecule has 5 nitrogen and oxygen atoms in total. The lowest BCUT2D eigenvalue weighted by Gasteiger charge is -2.28. The second kappa shape index (κ2) is 6.02. The molecule has 21 heavy (non-hydrogen) atoms. The number of likely N-dealkylation sites (tertiary alicyclic amines) is 1. The van der Waals surface area contributed by atoms with Crippen molar-refractivity contribution in [2.24, 2.45) is 0 Å². The standard InChI is InChI=1S/C15H23N3O2S/c1-9-14(21-10(2)16-9)15(20)17-11-5-6-12(13(11)19)18-7-3-4-8-18/h11-13,19H,3-8H2,1-2H3,(H,17,20)/t11-,12-,13-/m1/s1. The third-order valence-electron chi connectivity index (χ3n) is 4.62. The first-order valence-electron chi connectivity index (χ1n) is 7.73. The number of nitrogens with one attached hydrogen (secondary N) is 1. The Morgan fingerprint density at radius 2 is 2.05 bits per heavy atom. The lowest BCUT2D eigenvalue weighted by molar-refractivity contribution is 0.0620. The summed E-state index contributed by atoms with van der Waals surface area (Å²) < 4.78 is 0. The molecule has 2 N–H and O–H groups in total. The van der Waals surface area contributed by atoms with Crippen LogP contribution in [-0.4, -0.2) is 52.2 Å². The lowest BCUT2D eigenvalue weighted by atomic mass is 10.1. The first-order chi connectivity index (χ1) is 10.1. The van der Waals surface area contributed by atoms with Gasteiger partial charge in [0.2, 0.25) is 0 Å². The van der Waals surface area contributed by atoms with Crippen LogP contribution in [0.15, 0.2) is 0 Å². The molecular weight excluding hydrogens is 286 g/mol. The number of aryl methyl sites for hydroxylation is 2. The van der Waals surface area contributed by atoms with E-state index in [1.54, 1.807) is 0 Å². The Morgan fingerprint density at radius 3 is 2.67 bits per heavy atom. The Morgan fingerprint density at radius 1 is 1.33 bits per heavy atom. The molecule has 0 radical (unpaired) electrons. The maximum absolute atomic E-state index is 12.3. The van der Waals surface area contributed by atoms with Crippen molar-refractivity contribution in [1.29, 1.82) is 0 Å². The quantitative estimate of drug-likeness (QED) is 0.887. The number of hydrogen-bond acceptors (Lipinski definition) is 5. The van der Waals surface area contributed by atoms with Gasteiger partial charge in [0.1, 0.15) is 4.88 Å². The molecule has 1 aliphatic heterocycles. The molecule has 0 spiro atoms. The molecule has 1 aromatic rings. The number of carbonyl (C=O) groups is 1. The van der Waals surface area contributed by atoms with Crippen molar-refractivity contribution < 1.29 is 9.90 Å². The average Bonchev–Trinajstić information content (AvgIpc) is 3.12. The summed E-state index contributed by atoms with van der Waals surface area (Å²) in [7, 11) is 0. The van der Waals surface area contributed by atoms with Gasteiger partial charge in [0.05, 0.1) is 22.8 Å². The number of aliphatic hydroxyl groups excluding tert-OH is 1. The molecule has 0 aromatic carbocycles. The van der Waals surface area contributed by atoms with Crippen LogP contribution in [0.2, 0.25) is 0 Å². The molecule has 2 fully saturated rings. The molecule has 1 saturated carbocycles. The fourth-order valence-corrected chi connectivity index (χ4v) is 4.39.